The summed E-state index contributed by atoms with van der Waals surface area (Å²) in [6.07, 6.45) is -0.355. The summed E-state index contributed by atoms with van der Waals surface area (Å²) >= 11 is 0. The van der Waals surface area contributed by atoms with Crippen molar-refractivity contribution in [3.8, 4) is 12.0 Å². The van der Waals surface area contributed by atoms with Gasteiger partial charge in [-0.1, -0.05) is 17.7 Å². The zero-order valence-electron chi connectivity index (χ0n) is 9.36. The van der Waals surface area contributed by atoms with Crippen molar-refractivity contribution in [2.75, 3.05) is 6.61 Å². The molecule has 0 aliphatic carbocycles. The Kier molecular flexibility index (Phi) is 2.82. The number of nitrogens with zero attached hydrogens (tertiary/aromatic N) is 1. The van der Waals surface area contributed by atoms with Gasteiger partial charge in [0.15, 0.2) is 0 Å². The fourth-order valence-electron chi connectivity index (χ4n) is 1.43. The molecule has 1 aliphatic heterocycles. The lowest BCUT2D eigenvalue weighted by atomic mass is 10.2. The molecule has 16 heavy (non-hydrogen) atoms. The number of benzene rings is 1. The summed E-state index contributed by atoms with van der Waals surface area (Å²) in [5.41, 5.74) is 2.09. The molecule has 1 aromatic carbocycles. The molecule has 0 spiro atoms. The Balaban J connectivity index is 2.15. The Morgan fingerprint density at radius 2 is 2.06 bits per heavy atom. The van der Waals surface area contributed by atoms with Crippen LogP contribution in [0.4, 0.5) is 4.79 Å². The van der Waals surface area contributed by atoms with E-state index in [9.17, 15) is 4.79 Å². The predicted octanol–water partition coefficient (Wildman–Crippen LogP) is 2.14. The third-order valence-electron chi connectivity index (χ3n) is 2.46. The zero-order chi connectivity index (χ0) is 11.5. The number of hydrogen-bond donors (Lipinski definition) is 0. The topological polar surface area (TPSA) is 29.5 Å². The fraction of sp³-hybridized carbons (Fsp3) is 0.308. The second-order valence-electron chi connectivity index (χ2n) is 3.90. The van der Waals surface area contributed by atoms with Gasteiger partial charge < -0.3 is 4.74 Å². The maximum absolute atomic E-state index is 11.3. The van der Waals surface area contributed by atoms with E-state index in [0.717, 1.165) is 5.56 Å². The number of aryl methyl sites for hydroxylation is 1. The highest BCUT2D eigenvalue weighted by molar-refractivity contribution is 5.72. The van der Waals surface area contributed by atoms with E-state index in [2.05, 4.69) is 12.0 Å². The maximum atomic E-state index is 11.3. The smallest absolute Gasteiger partial charge is 0.422 e. The monoisotopic (exact) mass is 215 g/mol. The van der Waals surface area contributed by atoms with E-state index in [-0.39, 0.29) is 12.1 Å². The van der Waals surface area contributed by atoms with Crippen molar-refractivity contribution < 1.29 is 9.53 Å². The number of cyclic esters (lactones) is 1. The zero-order valence-corrected chi connectivity index (χ0v) is 9.36. The lowest BCUT2D eigenvalue weighted by Crippen LogP contribution is -2.25. The van der Waals surface area contributed by atoms with Crippen LogP contribution in [-0.2, 0) is 4.74 Å². The number of rotatable bonds is 0. The second kappa shape index (κ2) is 4.28. The number of carbonyl (C=O) groups excluding carboxylic acids is 1. The first-order valence-electron chi connectivity index (χ1n) is 5.21. The van der Waals surface area contributed by atoms with Crippen molar-refractivity contribution in [2.45, 2.75) is 19.9 Å². The van der Waals surface area contributed by atoms with Gasteiger partial charge in [0.2, 0.25) is 0 Å². The highest BCUT2D eigenvalue weighted by atomic mass is 16.6. The van der Waals surface area contributed by atoms with Crippen molar-refractivity contribution in [3.05, 3.63) is 35.4 Å². The molecule has 0 radical (unpaired) electrons. The van der Waals surface area contributed by atoms with Crippen LogP contribution >= 0.6 is 0 Å². The van der Waals surface area contributed by atoms with Gasteiger partial charge in [0, 0.05) is 11.6 Å². The molecule has 1 heterocycles. The lowest BCUT2D eigenvalue weighted by molar-refractivity contribution is 0.167. The first-order valence-corrected chi connectivity index (χ1v) is 5.21. The third-order valence-corrected chi connectivity index (χ3v) is 2.46. The molecule has 1 aromatic rings. The summed E-state index contributed by atoms with van der Waals surface area (Å²) < 4.78 is 4.87. The molecule has 3 nitrogen and oxygen atoms in total. The quantitative estimate of drug-likeness (QED) is 0.620. The molecule has 1 atom stereocenters. The Hall–Kier alpha value is -1.95. The van der Waals surface area contributed by atoms with Crippen LogP contribution in [-0.4, -0.2) is 23.6 Å². The highest BCUT2D eigenvalue weighted by Crippen LogP contribution is 2.10. The molecule has 0 saturated carbocycles. The minimum Gasteiger partial charge on any atom is -0.446 e. The fourth-order valence-corrected chi connectivity index (χ4v) is 1.43. The lowest BCUT2D eigenvalue weighted by Gasteiger charge is -2.07. The first-order chi connectivity index (χ1) is 7.66. The van der Waals surface area contributed by atoms with Crippen molar-refractivity contribution in [1.29, 1.82) is 0 Å². The van der Waals surface area contributed by atoms with Gasteiger partial charge in [0.1, 0.15) is 6.61 Å². The van der Waals surface area contributed by atoms with E-state index in [1.165, 1.54) is 10.5 Å². The minimum atomic E-state index is -0.355. The van der Waals surface area contributed by atoms with Crippen molar-refractivity contribution >= 4 is 6.09 Å². The van der Waals surface area contributed by atoms with Crippen LogP contribution < -0.4 is 0 Å². The Morgan fingerprint density at radius 3 is 2.62 bits per heavy atom. The van der Waals surface area contributed by atoms with Gasteiger partial charge in [-0.25, -0.2) is 9.69 Å². The van der Waals surface area contributed by atoms with Crippen LogP contribution in [0.3, 0.4) is 0 Å². The molecule has 1 aliphatic rings. The van der Waals surface area contributed by atoms with E-state index >= 15 is 0 Å². The number of amides is 1. The molecule has 2 rings (SSSR count). The average molecular weight is 215 g/mol. The van der Waals surface area contributed by atoms with Gasteiger partial charge in [-0.3, -0.25) is 0 Å². The molecule has 1 amide bonds. The molecular weight excluding hydrogens is 202 g/mol. The number of hydrogen-bond acceptors (Lipinski definition) is 2. The van der Waals surface area contributed by atoms with Crippen molar-refractivity contribution in [2.24, 2.45) is 0 Å². The summed E-state index contributed by atoms with van der Waals surface area (Å²) in [5.74, 6) is 2.95. The van der Waals surface area contributed by atoms with Gasteiger partial charge >= 0.3 is 6.09 Å². The molecule has 1 fully saturated rings. The van der Waals surface area contributed by atoms with Gasteiger partial charge in [0.25, 0.3) is 0 Å². The Bertz CT molecular complexity index is 453. The van der Waals surface area contributed by atoms with Crippen LogP contribution in [0.15, 0.2) is 24.3 Å². The maximum Gasteiger partial charge on any atom is 0.422 e. The third kappa shape index (κ3) is 2.17. The standard InChI is InChI=1S/C13H13NO2/c1-10-3-5-12(6-4-10)7-8-14-11(2)9-16-13(14)15/h3-6,11H,9H2,1-2H3/t11-/m0/s1. The van der Waals surface area contributed by atoms with Gasteiger partial charge in [-0.15, -0.1) is 0 Å². The number of carbonyl (C=O) groups is 1. The summed E-state index contributed by atoms with van der Waals surface area (Å²) in [6.45, 7) is 4.35. The summed E-state index contributed by atoms with van der Waals surface area (Å²) in [6, 6.07) is 10.7. The molecular formula is C13H13NO2. The van der Waals surface area contributed by atoms with Crippen LogP contribution in [0.5, 0.6) is 0 Å². The predicted molar refractivity (Wildman–Crippen MR) is 60.7 cm³/mol. The molecule has 82 valence electrons. The van der Waals surface area contributed by atoms with Crippen LogP contribution in [0.1, 0.15) is 18.1 Å². The molecule has 0 N–H and O–H groups in total. The Labute approximate surface area is 95.0 Å². The van der Waals surface area contributed by atoms with E-state index in [0.29, 0.717) is 6.61 Å². The van der Waals surface area contributed by atoms with E-state index in [1.807, 2.05) is 38.1 Å². The molecule has 0 aromatic heterocycles. The average Bonchev–Trinajstić information content (AvgIpc) is 2.59. The van der Waals surface area contributed by atoms with E-state index < -0.39 is 0 Å². The summed E-state index contributed by atoms with van der Waals surface area (Å²) in [7, 11) is 0. The van der Waals surface area contributed by atoms with Gasteiger partial charge in [-0.05, 0) is 31.9 Å². The number of ether oxygens (including phenoxy) is 1. The van der Waals surface area contributed by atoms with Gasteiger partial charge in [-0.2, -0.15) is 0 Å². The highest BCUT2D eigenvalue weighted by Gasteiger charge is 2.27. The summed E-state index contributed by atoms with van der Waals surface area (Å²) in [4.78, 5) is 12.7. The van der Waals surface area contributed by atoms with Crippen molar-refractivity contribution in [1.82, 2.24) is 4.90 Å². The van der Waals surface area contributed by atoms with Crippen LogP contribution in [0.25, 0.3) is 0 Å². The van der Waals surface area contributed by atoms with Crippen molar-refractivity contribution in [3.63, 3.8) is 0 Å². The van der Waals surface area contributed by atoms with Crippen LogP contribution in [0.2, 0.25) is 0 Å². The van der Waals surface area contributed by atoms with Gasteiger partial charge in [0.05, 0.1) is 6.04 Å². The molecule has 1 saturated heterocycles. The normalized spacial score (nSPS) is 19.0. The van der Waals surface area contributed by atoms with Crippen LogP contribution in [0, 0.1) is 18.9 Å². The SMILES string of the molecule is Cc1ccc(C#CN2C(=O)OC[C@@H]2C)cc1. The molecule has 3 heteroatoms. The second-order valence-corrected chi connectivity index (χ2v) is 3.90. The minimum absolute atomic E-state index is 0.0328. The molecule has 0 bridgehead atoms. The van der Waals surface area contributed by atoms with E-state index in [4.69, 9.17) is 4.74 Å². The largest absolute Gasteiger partial charge is 0.446 e. The Morgan fingerprint density at radius 1 is 1.38 bits per heavy atom. The van der Waals surface area contributed by atoms with E-state index in [1.54, 1.807) is 0 Å². The summed E-state index contributed by atoms with van der Waals surface area (Å²) in [5, 5.41) is 0. The molecule has 0 unspecified atom stereocenters. The first kappa shape index (κ1) is 10.6.